The number of methoxy groups -OCH3 is 1. The third-order valence-corrected chi connectivity index (χ3v) is 6.12. The van der Waals surface area contributed by atoms with Crippen molar-refractivity contribution in [2.45, 2.75) is 39.3 Å². The standard InChI is InChI=1S/C25H38N6O.HI/c1-5-30(6-2)24-14-13-20(17-27-24)18-28-25(26-3)29-19-22(31-15-9-10-16-31)21-11-7-8-12-23(21)32-4;/h7-8,11-14,17,22H,5-6,9-10,15-16,18-19H2,1-4H3,(H2,26,28,29);1H. The van der Waals surface area contributed by atoms with Crippen LogP contribution in [0.25, 0.3) is 0 Å². The minimum atomic E-state index is 0. The van der Waals surface area contributed by atoms with Gasteiger partial charge in [0.15, 0.2) is 5.96 Å². The quantitative estimate of drug-likeness (QED) is 0.257. The molecule has 0 aliphatic carbocycles. The summed E-state index contributed by atoms with van der Waals surface area (Å²) in [5.74, 6) is 2.75. The van der Waals surface area contributed by atoms with Gasteiger partial charge in [0.05, 0.1) is 13.2 Å². The number of guanidine groups is 1. The average molecular weight is 567 g/mol. The average Bonchev–Trinajstić information content (AvgIpc) is 3.37. The summed E-state index contributed by atoms with van der Waals surface area (Å²) in [6.45, 7) is 9.88. The molecule has 3 rings (SSSR count). The predicted molar refractivity (Wildman–Crippen MR) is 148 cm³/mol. The van der Waals surface area contributed by atoms with E-state index in [9.17, 15) is 0 Å². The molecule has 1 fully saturated rings. The molecule has 0 spiro atoms. The van der Waals surface area contributed by atoms with Gasteiger partial charge in [-0.3, -0.25) is 9.89 Å². The Hall–Kier alpha value is -2.07. The SMILES string of the molecule is CCN(CC)c1ccc(CNC(=NC)NCC(c2ccccc2OC)N2CCCC2)cn1.I. The molecule has 1 aliphatic heterocycles. The van der Waals surface area contributed by atoms with Gasteiger partial charge in [-0.15, -0.1) is 24.0 Å². The van der Waals surface area contributed by atoms with E-state index in [4.69, 9.17) is 4.74 Å². The summed E-state index contributed by atoms with van der Waals surface area (Å²) in [4.78, 5) is 13.8. The van der Waals surface area contributed by atoms with E-state index in [1.165, 1.54) is 18.4 Å². The molecule has 0 saturated carbocycles. The van der Waals surface area contributed by atoms with Gasteiger partial charge < -0.3 is 20.3 Å². The number of hydrogen-bond donors (Lipinski definition) is 2. The summed E-state index contributed by atoms with van der Waals surface area (Å²) < 4.78 is 5.66. The monoisotopic (exact) mass is 566 g/mol. The molecule has 1 saturated heterocycles. The Bertz CT molecular complexity index is 850. The molecule has 1 unspecified atom stereocenters. The summed E-state index contributed by atoms with van der Waals surface area (Å²) >= 11 is 0. The number of para-hydroxylation sites is 1. The van der Waals surface area contributed by atoms with Crippen molar-refractivity contribution in [1.82, 2.24) is 20.5 Å². The van der Waals surface area contributed by atoms with Crippen LogP contribution in [0.15, 0.2) is 47.6 Å². The number of benzene rings is 1. The number of anilines is 1. The minimum Gasteiger partial charge on any atom is -0.496 e. The lowest BCUT2D eigenvalue weighted by Crippen LogP contribution is -2.42. The highest BCUT2D eigenvalue weighted by Crippen LogP contribution is 2.31. The summed E-state index contributed by atoms with van der Waals surface area (Å²) in [6.07, 6.45) is 4.43. The molecule has 8 heteroatoms. The number of aromatic nitrogens is 1. The molecule has 1 aromatic carbocycles. The van der Waals surface area contributed by atoms with Gasteiger partial charge in [-0.1, -0.05) is 24.3 Å². The molecule has 0 bridgehead atoms. The van der Waals surface area contributed by atoms with Crippen LogP contribution in [-0.2, 0) is 6.54 Å². The van der Waals surface area contributed by atoms with Gasteiger partial charge in [0.1, 0.15) is 11.6 Å². The van der Waals surface area contributed by atoms with Crippen LogP contribution in [0.3, 0.4) is 0 Å². The Balaban J connectivity index is 0.00000385. The maximum Gasteiger partial charge on any atom is 0.191 e. The molecule has 0 amide bonds. The molecule has 2 N–H and O–H groups in total. The molecule has 0 radical (unpaired) electrons. The van der Waals surface area contributed by atoms with Gasteiger partial charge in [0.2, 0.25) is 0 Å². The van der Waals surface area contributed by atoms with Crippen LogP contribution >= 0.6 is 24.0 Å². The first kappa shape index (κ1) is 27.2. The van der Waals surface area contributed by atoms with Crippen LogP contribution in [0.1, 0.15) is 43.9 Å². The van der Waals surface area contributed by atoms with Crippen LogP contribution in [0, 0.1) is 0 Å². The maximum absolute atomic E-state index is 5.66. The van der Waals surface area contributed by atoms with Gasteiger partial charge in [-0.2, -0.15) is 0 Å². The molecular formula is C25H39IN6O. The summed E-state index contributed by atoms with van der Waals surface area (Å²) in [6, 6.07) is 12.8. The Morgan fingerprint density at radius 3 is 2.45 bits per heavy atom. The molecule has 2 aromatic rings. The minimum absolute atomic E-state index is 0. The molecule has 1 aliphatic rings. The van der Waals surface area contributed by atoms with Crippen molar-refractivity contribution in [2.75, 3.05) is 51.8 Å². The normalized spacial score (nSPS) is 15.0. The van der Waals surface area contributed by atoms with Crippen LogP contribution in [0.4, 0.5) is 5.82 Å². The van der Waals surface area contributed by atoms with Crippen molar-refractivity contribution in [1.29, 1.82) is 0 Å². The lowest BCUT2D eigenvalue weighted by Gasteiger charge is -2.30. The van der Waals surface area contributed by atoms with E-state index >= 15 is 0 Å². The lowest BCUT2D eigenvalue weighted by molar-refractivity contribution is 0.239. The van der Waals surface area contributed by atoms with Crippen molar-refractivity contribution < 1.29 is 4.74 Å². The number of pyridine rings is 1. The fourth-order valence-corrected chi connectivity index (χ4v) is 4.29. The number of halogens is 1. The van der Waals surface area contributed by atoms with E-state index in [-0.39, 0.29) is 30.0 Å². The molecular weight excluding hydrogens is 527 g/mol. The van der Waals surface area contributed by atoms with Crippen molar-refractivity contribution >= 4 is 35.8 Å². The van der Waals surface area contributed by atoms with E-state index in [1.54, 1.807) is 7.11 Å². The van der Waals surface area contributed by atoms with E-state index < -0.39 is 0 Å². The van der Waals surface area contributed by atoms with Gasteiger partial charge in [-0.05, 0) is 57.5 Å². The van der Waals surface area contributed by atoms with E-state index in [0.29, 0.717) is 6.54 Å². The van der Waals surface area contributed by atoms with Crippen molar-refractivity contribution in [3.05, 3.63) is 53.7 Å². The van der Waals surface area contributed by atoms with Gasteiger partial charge in [0.25, 0.3) is 0 Å². The second-order valence-electron chi connectivity index (χ2n) is 8.00. The molecule has 1 atom stereocenters. The Labute approximate surface area is 216 Å². The fourth-order valence-electron chi connectivity index (χ4n) is 4.29. The number of hydrogen-bond acceptors (Lipinski definition) is 5. The second-order valence-corrected chi connectivity index (χ2v) is 8.00. The Morgan fingerprint density at radius 2 is 1.85 bits per heavy atom. The lowest BCUT2D eigenvalue weighted by atomic mass is 10.0. The largest absolute Gasteiger partial charge is 0.496 e. The van der Waals surface area contributed by atoms with Gasteiger partial charge in [-0.25, -0.2) is 4.98 Å². The van der Waals surface area contributed by atoms with Crippen LogP contribution in [-0.4, -0.2) is 62.7 Å². The van der Waals surface area contributed by atoms with Crippen LogP contribution in [0.2, 0.25) is 0 Å². The third kappa shape index (κ3) is 7.46. The van der Waals surface area contributed by atoms with Crippen molar-refractivity contribution in [3.8, 4) is 5.75 Å². The first-order valence-electron chi connectivity index (χ1n) is 11.7. The molecule has 33 heavy (non-hydrogen) atoms. The summed E-state index contributed by atoms with van der Waals surface area (Å²) in [5.41, 5.74) is 2.35. The van der Waals surface area contributed by atoms with Gasteiger partial charge in [0, 0.05) is 45.0 Å². The number of rotatable bonds is 10. The highest BCUT2D eigenvalue weighted by molar-refractivity contribution is 14.0. The number of ether oxygens (including phenoxy) is 1. The van der Waals surface area contributed by atoms with Crippen LogP contribution < -0.4 is 20.3 Å². The first-order valence-corrected chi connectivity index (χ1v) is 11.7. The highest BCUT2D eigenvalue weighted by Gasteiger charge is 2.26. The first-order chi connectivity index (χ1) is 15.7. The zero-order valence-corrected chi connectivity index (χ0v) is 22.7. The molecule has 2 heterocycles. The van der Waals surface area contributed by atoms with E-state index in [2.05, 4.69) is 68.5 Å². The topological polar surface area (TPSA) is 65.0 Å². The van der Waals surface area contributed by atoms with Crippen LogP contribution in [0.5, 0.6) is 5.75 Å². The van der Waals surface area contributed by atoms with Crippen molar-refractivity contribution in [2.24, 2.45) is 4.99 Å². The Kier molecular flexibility index (Phi) is 11.7. The number of likely N-dealkylation sites (tertiary alicyclic amines) is 1. The Morgan fingerprint density at radius 1 is 1.12 bits per heavy atom. The number of aliphatic imine (C=N–C) groups is 1. The van der Waals surface area contributed by atoms with E-state index in [1.807, 2.05) is 25.4 Å². The zero-order valence-electron chi connectivity index (χ0n) is 20.4. The van der Waals surface area contributed by atoms with E-state index in [0.717, 1.165) is 55.8 Å². The van der Waals surface area contributed by atoms with Gasteiger partial charge >= 0.3 is 0 Å². The zero-order chi connectivity index (χ0) is 22.8. The maximum atomic E-state index is 5.66. The smallest absolute Gasteiger partial charge is 0.191 e. The molecule has 182 valence electrons. The predicted octanol–water partition coefficient (Wildman–Crippen LogP) is 4.06. The second kappa shape index (κ2) is 14.2. The summed E-state index contributed by atoms with van der Waals surface area (Å²) in [7, 11) is 3.55. The summed E-state index contributed by atoms with van der Waals surface area (Å²) in [5, 5.41) is 6.95. The number of nitrogens with one attached hydrogen (secondary N) is 2. The highest BCUT2D eigenvalue weighted by atomic mass is 127. The fraction of sp³-hybridized carbons (Fsp3) is 0.520. The molecule has 1 aromatic heterocycles. The molecule has 7 nitrogen and oxygen atoms in total. The third-order valence-electron chi connectivity index (χ3n) is 6.12. The van der Waals surface area contributed by atoms with Crippen molar-refractivity contribution in [3.63, 3.8) is 0 Å². The number of nitrogens with zero attached hydrogens (tertiary/aromatic N) is 4.